The van der Waals surface area contributed by atoms with Crippen LogP contribution < -0.4 is 5.32 Å². The fourth-order valence-electron chi connectivity index (χ4n) is 1.50. The lowest BCUT2D eigenvalue weighted by Crippen LogP contribution is -2.31. The van der Waals surface area contributed by atoms with Crippen molar-refractivity contribution in [1.82, 2.24) is 10.3 Å². The molecule has 2 nitrogen and oxygen atoms in total. The largest absolute Gasteiger partial charge is 0.314 e. The zero-order valence-corrected chi connectivity index (χ0v) is 9.33. The maximum Gasteiger partial charge on any atom is 0.0270 e. The van der Waals surface area contributed by atoms with Crippen LogP contribution in [-0.4, -0.2) is 17.6 Å². The smallest absolute Gasteiger partial charge is 0.0270 e. The Morgan fingerprint density at radius 2 is 1.93 bits per heavy atom. The zero-order chi connectivity index (χ0) is 10.4. The molecule has 0 aliphatic carbocycles. The Bertz CT molecular complexity index is 246. The number of pyridine rings is 1. The van der Waals surface area contributed by atoms with Crippen LogP contribution in [0.25, 0.3) is 0 Å². The molecule has 0 aliphatic rings. The van der Waals surface area contributed by atoms with Crippen molar-refractivity contribution in [2.45, 2.75) is 39.2 Å². The van der Waals surface area contributed by atoms with Crippen molar-refractivity contribution in [3.05, 3.63) is 30.1 Å². The summed E-state index contributed by atoms with van der Waals surface area (Å²) in [4.78, 5) is 4.03. The minimum atomic E-state index is 0.525. The Balaban J connectivity index is 2.52. The average molecular weight is 192 g/mol. The third-order valence-electron chi connectivity index (χ3n) is 2.70. The summed E-state index contributed by atoms with van der Waals surface area (Å²) in [7, 11) is 0. The van der Waals surface area contributed by atoms with Crippen LogP contribution in [0.1, 0.15) is 38.7 Å². The number of hydrogen-bond donors (Lipinski definition) is 1. The molecule has 0 amide bonds. The average Bonchev–Trinajstić information content (AvgIpc) is 2.26. The lowest BCUT2D eigenvalue weighted by Gasteiger charge is -2.21. The first kappa shape index (κ1) is 11.2. The van der Waals surface area contributed by atoms with Crippen molar-refractivity contribution in [1.29, 1.82) is 0 Å². The molecule has 0 bridgehead atoms. The SMILES string of the molecule is CCCNC(C)C(C)c1ccncc1. The molecule has 1 aromatic rings. The monoisotopic (exact) mass is 192 g/mol. The lowest BCUT2D eigenvalue weighted by atomic mass is 9.95. The molecule has 2 heteroatoms. The van der Waals surface area contributed by atoms with Crippen LogP contribution in [0.15, 0.2) is 24.5 Å². The predicted molar refractivity (Wildman–Crippen MR) is 60.4 cm³/mol. The summed E-state index contributed by atoms with van der Waals surface area (Å²) in [6, 6.07) is 4.71. The molecule has 0 aromatic carbocycles. The lowest BCUT2D eigenvalue weighted by molar-refractivity contribution is 0.481. The van der Waals surface area contributed by atoms with E-state index in [4.69, 9.17) is 0 Å². The summed E-state index contributed by atoms with van der Waals surface area (Å²) in [6.45, 7) is 7.77. The molecular weight excluding hydrogens is 172 g/mol. The van der Waals surface area contributed by atoms with Crippen LogP contribution in [0.4, 0.5) is 0 Å². The number of nitrogens with zero attached hydrogens (tertiary/aromatic N) is 1. The van der Waals surface area contributed by atoms with E-state index in [1.165, 1.54) is 12.0 Å². The molecule has 0 radical (unpaired) electrons. The van der Waals surface area contributed by atoms with E-state index < -0.39 is 0 Å². The highest BCUT2D eigenvalue weighted by Crippen LogP contribution is 2.17. The Hall–Kier alpha value is -0.890. The second-order valence-corrected chi connectivity index (χ2v) is 3.81. The third kappa shape index (κ3) is 3.11. The number of aromatic nitrogens is 1. The van der Waals surface area contributed by atoms with Crippen molar-refractivity contribution in [2.75, 3.05) is 6.54 Å². The Kier molecular flexibility index (Phi) is 4.60. The van der Waals surface area contributed by atoms with Gasteiger partial charge in [-0.3, -0.25) is 4.98 Å². The van der Waals surface area contributed by atoms with Gasteiger partial charge in [0.05, 0.1) is 0 Å². The topological polar surface area (TPSA) is 24.9 Å². The summed E-state index contributed by atoms with van der Waals surface area (Å²) in [5.41, 5.74) is 1.36. The van der Waals surface area contributed by atoms with Gasteiger partial charge in [0.15, 0.2) is 0 Å². The molecule has 14 heavy (non-hydrogen) atoms. The van der Waals surface area contributed by atoms with Gasteiger partial charge in [0.25, 0.3) is 0 Å². The van der Waals surface area contributed by atoms with E-state index in [0.717, 1.165) is 6.54 Å². The summed E-state index contributed by atoms with van der Waals surface area (Å²) >= 11 is 0. The van der Waals surface area contributed by atoms with Gasteiger partial charge in [-0.25, -0.2) is 0 Å². The molecule has 0 fully saturated rings. The van der Waals surface area contributed by atoms with Gasteiger partial charge in [0, 0.05) is 18.4 Å². The van der Waals surface area contributed by atoms with Gasteiger partial charge in [-0.05, 0) is 43.5 Å². The standard InChI is InChI=1S/C12H20N2/c1-4-7-14-11(3)10(2)12-5-8-13-9-6-12/h5-6,8-11,14H,4,7H2,1-3H3. The molecule has 1 heterocycles. The van der Waals surface area contributed by atoms with Crippen LogP contribution in [0.5, 0.6) is 0 Å². The Morgan fingerprint density at radius 1 is 1.29 bits per heavy atom. The predicted octanol–water partition coefficient (Wildman–Crippen LogP) is 2.57. The first-order valence-electron chi connectivity index (χ1n) is 5.39. The van der Waals surface area contributed by atoms with Gasteiger partial charge in [0.1, 0.15) is 0 Å². The number of hydrogen-bond acceptors (Lipinski definition) is 2. The van der Waals surface area contributed by atoms with Gasteiger partial charge in [-0.15, -0.1) is 0 Å². The van der Waals surface area contributed by atoms with E-state index >= 15 is 0 Å². The Labute approximate surface area is 86.8 Å². The second-order valence-electron chi connectivity index (χ2n) is 3.81. The van der Waals surface area contributed by atoms with Crippen LogP contribution in [0.3, 0.4) is 0 Å². The van der Waals surface area contributed by atoms with Gasteiger partial charge >= 0.3 is 0 Å². The van der Waals surface area contributed by atoms with Gasteiger partial charge in [0.2, 0.25) is 0 Å². The molecule has 0 saturated heterocycles. The van der Waals surface area contributed by atoms with E-state index in [1.807, 2.05) is 12.4 Å². The van der Waals surface area contributed by atoms with Gasteiger partial charge < -0.3 is 5.32 Å². The molecule has 1 aromatic heterocycles. The van der Waals surface area contributed by atoms with Crippen LogP contribution in [-0.2, 0) is 0 Å². The van der Waals surface area contributed by atoms with E-state index in [1.54, 1.807) is 0 Å². The van der Waals surface area contributed by atoms with E-state index in [9.17, 15) is 0 Å². The molecule has 1 N–H and O–H groups in total. The van der Waals surface area contributed by atoms with Crippen LogP contribution >= 0.6 is 0 Å². The molecule has 0 spiro atoms. The quantitative estimate of drug-likeness (QED) is 0.775. The minimum absolute atomic E-state index is 0.525. The highest BCUT2D eigenvalue weighted by molar-refractivity contribution is 5.16. The second kappa shape index (κ2) is 5.76. The summed E-state index contributed by atoms with van der Waals surface area (Å²) in [6.07, 6.45) is 4.91. The fourth-order valence-corrected chi connectivity index (χ4v) is 1.50. The molecule has 0 aliphatic heterocycles. The molecule has 2 atom stereocenters. The summed E-state index contributed by atoms with van der Waals surface area (Å²) in [5, 5.41) is 3.51. The van der Waals surface area contributed by atoms with E-state index in [2.05, 4.69) is 43.2 Å². The maximum atomic E-state index is 4.03. The zero-order valence-electron chi connectivity index (χ0n) is 9.33. The van der Waals surface area contributed by atoms with Crippen molar-refractivity contribution in [3.8, 4) is 0 Å². The molecule has 78 valence electrons. The summed E-state index contributed by atoms with van der Waals surface area (Å²) in [5.74, 6) is 0.546. The van der Waals surface area contributed by atoms with Crippen molar-refractivity contribution in [2.24, 2.45) is 0 Å². The minimum Gasteiger partial charge on any atom is -0.314 e. The molecular formula is C12H20N2. The van der Waals surface area contributed by atoms with E-state index in [-0.39, 0.29) is 0 Å². The normalized spacial score (nSPS) is 15.1. The first-order chi connectivity index (χ1) is 6.75. The van der Waals surface area contributed by atoms with Crippen LogP contribution in [0.2, 0.25) is 0 Å². The van der Waals surface area contributed by atoms with Crippen molar-refractivity contribution >= 4 is 0 Å². The van der Waals surface area contributed by atoms with Gasteiger partial charge in [-0.2, -0.15) is 0 Å². The summed E-state index contributed by atoms with van der Waals surface area (Å²) < 4.78 is 0. The molecule has 1 rings (SSSR count). The third-order valence-corrected chi connectivity index (χ3v) is 2.70. The first-order valence-corrected chi connectivity index (χ1v) is 5.39. The van der Waals surface area contributed by atoms with E-state index in [0.29, 0.717) is 12.0 Å². The molecule has 2 unspecified atom stereocenters. The Morgan fingerprint density at radius 3 is 2.50 bits per heavy atom. The van der Waals surface area contributed by atoms with Crippen molar-refractivity contribution in [3.63, 3.8) is 0 Å². The highest BCUT2D eigenvalue weighted by Gasteiger charge is 2.12. The number of rotatable bonds is 5. The highest BCUT2D eigenvalue weighted by atomic mass is 14.9. The fraction of sp³-hybridized carbons (Fsp3) is 0.583. The van der Waals surface area contributed by atoms with Crippen molar-refractivity contribution < 1.29 is 0 Å². The van der Waals surface area contributed by atoms with Gasteiger partial charge in [-0.1, -0.05) is 13.8 Å². The van der Waals surface area contributed by atoms with Crippen LogP contribution in [0, 0.1) is 0 Å². The maximum absolute atomic E-state index is 4.03. The molecule has 0 saturated carbocycles. The number of nitrogens with one attached hydrogen (secondary N) is 1.